The van der Waals surface area contributed by atoms with Gasteiger partial charge >= 0.3 is 0 Å². The Hall–Kier alpha value is -1.90. The zero-order valence-electron chi connectivity index (χ0n) is 6.78. The molecule has 2 rings (SSSR count). The van der Waals surface area contributed by atoms with Crippen molar-refractivity contribution in [2.24, 2.45) is 0 Å². The first-order valence-electron chi connectivity index (χ1n) is 3.76. The summed E-state index contributed by atoms with van der Waals surface area (Å²) >= 11 is 0. The smallest absolute Gasteiger partial charge is 0.266 e. The van der Waals surface area contributed by atoms with E-state index in [-0.39, 0.29) is 11.8 Å². The van der Waals surface area contributed by atoms with Crippen LogP contribution in [-0.2, 0) is 0 Å². The van der Waals surface area contributed by atoms with Gasteiger partial charge in [-0.1, -0.05) is 18.7 Å². The van der Waals surface area contributed by atoms with Crippen LogP contribution in [0.15, 0.2) is 30.8 Å². The van der Waals surface area contributed by atoms with Gasteiger partial charge in [-0.3, -0.25) is 9.59 Å². The molecule has 0 aliphatic carbocycles. The molecular weight excluding hydrogens is 166 g/mol. The third kappa shape index (κ3) is 0.902. The summed E-state index contributed by atoms with van der Waals surface area (Å²) in [7, 11) is 0. The highest BCUT2D eigenvalue weighted by molar-refractivity contribution is 6.21. The first kappa shape index (κ1) is 7.73. The van der Waals surface area contributed by atoms with E-state index >= 15 is 0 Å². The van der Waals surface area contributed by atoms with Crippen molar-refractivity contribution in [3.8, 4) is 0 Å². The number of hydrogen-bond acceptors (Lipinski definition) is 2. The fourth-order valence-corrected chi connectivity index (χ4v) is 1.33. The van der Waals surface area contributed by atoms with Gasteiger partial charge in [-0.15, -0.1) is 0 Å². The molecule has 1 aliphatic heterocycles. The van der Waals surface area contributed by atoms with E-state index in [1.165, 1.54) is 0 Å². The van der Waals surface area contributed by atoms with E-state index in [0.29, 0.717) is 11.1 Å². The third-order valence-electron chi connectivity index (χ3n) is 1.95. The number of imide groups is 1. The van der Waals surface area contributed by atoms with E-state index in [9.17, 15) is 9.59 Å². The number of carbonyl (C=O) groups excluding carboxylic acids is 2. The van der Waals surface area contributed by atoms with Gasteiger partial charge in [-0.2, -0.15) is 0 Å². The van der Waals surface area contributed by atoms with Gasteiger partial charge in [0, 0.05) is 0 Å². The van der Waals surface area contributed by atoms with E-state index in [4.69, 9.17) is 0 Å². The van der Waals surface area contributed by atoms with E-state index < -0.39 is 0 Å². The lowest BCUT2D eigenvalue weighted by Gasteiger charge is -2.03. The van der Waals surface area contributed by atoms with Gasteiger partial charge in [-0.25, -0.2) is 4.90 Å². The van der Waals surface area contributed by atoms with Crippen LogP contribution in [0.4, 0.5) is 0 Å². The van der Waals surface area contributed by atoms with Crippen molar-refractivity contribution in [2.45, 2.75) is 0 Å². The Labute approximate surface area is 75.3 Å². The Morgan fingerprint density at radius 1 is 1.08 bits per heavy atom. The van der Waals surface area contributed by atoms with Crippen molar-refractivity contribution in [1.82, 2.24) is 4.90 Å². The Morgan fingerprint density at radius 3 is 1.92 bits per heavy atom. The highest BCUT2D eigenvalue weighted by Crippen LogP contribution is 2.21. The van der Waals surface area contributed by atoms with Crippen molar-refractivity contribution >= 4 is 11.8 Å². The van der Waals surface area contributed by atoms with Crippen molar-refractivity contribution in [1.29, 1.82) is 0 Å². The average molecular weight is 172 g/mol. The monoisotopic (exact) mass is 172 g/mol. The molecule has 0 fully saturated rings. The molecule has 1 aromatic rings. The van der Waals surface area contributed by atoms with Gasteiger partial charge < -0.3 is 0 Å². The predicted molar refractivity (Wildman–Crippen MR) is 45.8 cm³/mol. The second-order valence-corrected chi connectivity index (χ2v) is 2.65. The molecule has 63 valence electrons. The average Bonchev–Trinajstić information content (AvgIpc) is 2.41. The quantitative estimate of drug-likeness (QED) is 0.597. The van der Waals surface area contributed by atoms with Crippen molar-refractivity contribution in [3.63, 3.8) is 0 Å². The highest BCUT2D eigenvalue weighted by atomic mass is 16.2. The minimum atomic E-state index is -0.351. The van der Waals surface area contributed by atoms with E-state index in [1.807, 2.05) is 0 Å². The maximum absolute atomic E-state index is 11.4. The molecule has 0 saturated carbocycles. The Morgan fingerprint density at radius 2 is 1.54 bits per heavy atom. The van der Waals surface area contributed by atoms with Crippen LogP contribution in [0.5, 0.6) is 0 Å². The molecule has 1 aliphatic rings. The molecule has 0 saturated heterocycles. The third-order valence-corrected chi connectivity index (χ3v) is 1.95. The number of hydrogen-bond donors (Lipinski definition) is 0. The zero-order chi connectivity index (χ0) is 9.42. The predicted octanol–water partition coefficient (Wildman–Crippen LogP) is 1.23. The van der Waals surface area contributed by atoms with Crippen molar-refractivity contribution in [3.05, 3.63) is 48.2 Å². The fourth-order valence-electron chi connectivity index (χ4n) is 1.33. The Kier molecular flexibility index (Phi) is 1.52. The zero-order valence-corrected chi connectivity index (χ0v) is 6.78. The normalized spacial score (nSPS) is 14.6. The van der Waals surface area contributed by atoms with Crippen LogP contribution in [0.3, 0.4) is 0 Å². The molecule has 3 nitrogen and oxygen atoms in total. The molecule has 1 aromatic carbocycles. The van der Waals surface area contributed by atoms with Crippen LogP contribution in [-0.4, -0.2) is 16.7 Å². The lowest BCUT2D eigenvalue weighted by molar-refractivity contribution is 0.0711. The summed E-state index contributed by atoms with van der Waals surface area (Å²) < 4.78 is 0. The maximum Gasteiger partial charge on any atom is 0.266 e. The molecule has 0 unspecified atom stereocenters. The summed E-state index contributed by atoms with van der Waals surface area (Å²) in [5.74, 6) is -0.703. The molecule has 0 aromatic heterocycles. The minimum absolute atomic E-state index is 0.351. The number of rotatable bonds is 1. The van der Waals surface area contributed by atoms with Crippen molar-refractivity contribution in [2.75, 3.05) is 0 Å². The number of amides is 2. The summed E-state index contributed by atoms with van der Waals surface area (Å²) in [6.45, 7) is 3.29. The Bertz CT molecular complexity index is 374. The van der Waals surface area contributed by atoms with Crippen LogP contribution < -0.4 is 0 Å². The van der Waals surface area contributed by atoms with Gasteiger partial charge in [0.2, 0.25) is 0 Å². The molecule has 0 atom stereocenters. The van der Waals surface area contributed by atoms with Gasteiger partial charge in [0.1, 0.15) is 0 Å². The SMILES string of the molecule is C=[C]N1C(=O)c2ccccc2C1=O. The van der Waals surface area contributed by atoms with Gasteiger partial charge in [0.15, 0.2) is 0 Å². The van der Waals surface area contributed by atoms with Crippen molar-refractivity contribution < 1.29 is 9.59 Å². The minimum Gasteiger partial charge on any atom is -0.268 e. The summed E-state index contributed by atoms with van der Waals surface area (Å²) in [5.41, 5.74) is 0.840. The van der Waals surface area contributed by atoms with Gasteiger partial charge in [0.05, 0.1) is 17.3 Å². The number of fused-ring (bicyclic) bond motifs is 1. The molecular formula is C10H6NO2. The van der Waals surface area contributed by atoms with Crippen LogP contribution >= 0.6 is 0 Å². The first-order chi connectivity index (χ1) is 6.25. The maximum atomic E-state index is 11.4. The van der Waals surface area contributed by atoms with Gasteiger partial charge in [0.25, 0.3) is 11.8 Å². The molecule has 2 amide bonds. The van der Waals surface area contributed by atoms with E-state index in [0.717, 1.165) is 4.90 Å². The molecule has 0 spiro atoms. The number of nitrogens with zero attached hydrogens (tertiary/aromatic N) is 1. The van der Waals surface area contributed by atoms with E-state index in [2.05, 4.69) is 12.8 Å². The highest BCUT2D eigenvalue weighted by Gasteiger charge is 2.33. The summed E-state index contributed by atoms with van der Waals surface area (Å²) in [5, 5.41) is 0. The molecule has 1 heterocycles. The number of benzene rings is 1. The molecule has 3 heteroatoms. The van der Waals surface area contributed by atoms with Crippen LogP contribution in [0.2, 0.25) is 0 Å². The van der Waals surface area contributed by atoms with Gasteiger partial charge in [-0.05, 0) is 12.1 Å². The Balaban J connectivity index is 2.63. The summed E-state index contributed by atoms with van der Waals surface area (Å²) in [6.07, 6.45) is 2.29. The molecule has 0 bridgehead atoms. The number of carbonyl (C=O) groups is 2. The lowest BCUT2D eigenvalue weighted by Crippen LogP contribution is -2.23. The topological polar surface area (TPSA) is 37.4 Å². The van der Waals surface area contributed by atoms with E-state index in [1.54, 1.807) is 24.3 Å². The molecule has 1 radical (unpaired) electrons. The van der Waals surface area contributed by atoms with Crippen LogP contribution in [0.25, 0.3) is 0 Å². The molecule has 13 heavy (non-hydrogen) atoms. The van der Waals surface area contributed by atoms with Crippen LogP contribution in [0.1, 0.15) is 20.7 Å². The molecule has 0 N–H and O–H groups in total. The summed E-state index contributed by atoms with van der Waals surface area (Å²) in [6, 6.07) is 6.67. The largest absolute Gasteiger partial charge is 0.268 e. The second-order valence-electron chi connectivity index (χ2n) is 2.65. The van der Waals surface area contributed by atoms with Crippen LogP contribution in [0, 0.1) is 6.20 Å². The standard InChI is InChI=1S/C10H6NO2/c1-2-11-9(12)7-5-3-4-6-8(7)10(11)13/h3-6H,1H2. The lowest BCUT2D eigenvalue weighted by atomic mass is 10.1. The second kappa shape index (κ2) is 2.55. The first-order valence-corrected chi connectivity index (χ1v) is 3.76. The fraction of sp³-hybridized carbons (Fsp3) is 0. The summed E-state index contributed by atoms with van der Waals surface area (Å²) in [4.78, 5) is 23.8.